The maximum absolute atomic E-state index is 13.2. The van der Waals surface area contributed by atoms with Crippen LogP contribution in [0.25, 0.3) is 0 Å². The third kappa shape index (κ3) is 3.14. The summed E-state index contributed by atoms with van der Waals surface area (Å²) < 4.78 is 18.6. The summed E-state index contributed by atoms with van der Waals surface area (Å²) in [5, 5.41) is 9.22. The van der Waals surface area contributed by atoms with E-state index in [0.29, 0.717) is 28.7 Å². The molecule has 0 aromatic heterocycles. The number of hydrogen-bond acceptors (Lipinski definition) is 3. The molecule has 0 saturated heterocycles. The van der Waals surface area contributed by atoms with Crippen molar-refractivity contribution in [1.82, 2.24) is 0 Å². The molecule has 0 aliphatic carbocycles. The second kappa shape index (κ2) is 6.18. The van der Waals surface area contributed by atoms with E-state index in [1.165, 1.54) is 24.3 Å². The van der Waals surface area contributed by atoms with Crippen LogP contribution in [0.3, 0.4) is 0 Å². The summed E-state index contributed by atoms with van der Waals surface area (Å²) in [7, 11) is 0. The molecule has 0 unspecified atom stereocenters. The highest BCUT2D eigenvalue weighted by molar-refractivity contribution is 6.32. The molecule has 100 valence electrons. The molecule has 0 fully saturated rings. The number of hydrogen-bond donors (Lipinski definition) is 0. The van der Waals surface area contributed by atoms with Crippen LogP contribution in [0.15, 0.2) is 36.4 Å². The van der Waals surface area contributed by atoms with Gasteiger partial charge in [0.1, 0.15) is 24.5 Å². The van der Waals surface area contributed by atoms with Crippen molar-refractivity contribution in [3.63, 3.8) is 0 Å². The van der Waals surface area contributed by atoms with Gasteiger partial charge in [-0.3, -0.25) is 4.79 Å². The van der Waals surface area contributed by atoms with Crippen molar-refractivity contribution in [2.24, 2.45) is 0 Å². The van der Waals surface area contributed by atoms with Crippen molar-refractivity contribution in [2.45, 2.75) is 6.61 Å². The van der Waals surface area contributed by atoms with Gasteiger partial charge in [0.25, 0.3) is 0 Å². The molecule has 0 atom stereocenters. The Kier molecular flexibility index (Phi) is 4.34. The lowest BCUT2D eigenvalue weighted by Crippen LogP contribution is -2.00. The van der Waals surface area contributed by atoms with E-state index in [2.05, 4.69) is 0 Å². The number of halogens is 2. The Bertz CT molecular complexity index is 695. The van der Waals surface area contributed by atoms with Crippen molar-refractivity contribution in [2.75, 3.05) is 0 Å². The van der Waals surface area contributed by atoms with Crippen LogP contribution >= 0.6 is 11.6 Å². The molecule has 2 aromatic carbocycles. The second-order valence-corrected chi connectivity index (χ2v) is 4.42. The number of nitrogens with zero attached hydrogens (tertiary/aromatic N) is 1. The van der Waals surface area contributed by atoms with Crippen LogP contribution in [0.1, 0.15) is 21.5 Å². The molecule has 0 heterocycles. The summed E-state index contributed by atoms with van der Waals surface area (Å²) in [4.78, 5) is 10.6. The molecule has 5 heteroatoms. The minimum absolute atomic E-state index is 0.0147. The van der Waals surface area contributed by atoms with Crippen molar-refractivity contribution >= 4 is 17.9 Å². The predicted molar refractivity (Wildman–Crippen MR) is 72.3 cm³/mol. The zero-order valence-corrected chi connectivity index (χ0v) is 11.0. The average molecular weight is 290 g/mol. The topological polar surface area (TPSA) is 50.1 Å². The zero-order chi connectivity index (χ0) is 14.5. The van der Waals surface area contributed by atoms with Gasteiger partial charge in [0, 0.05) is 11.1 Å². The normalized spacial score (nSPS) is 9.85. The monoisotopic (exact) mass is 289 g/mol. The molecule has 0 amide bonds. The fourth-order valence-electron chi connectivity index (χ4n) is 1.65. The third-order valence-electron chi connectivity index (χ3n) is 2.66. The highest BCUT2D eigenvalue weighted by Gasteiger charge is 2.07. The Hall–Kier alpha value is -2.38. The van der Waals surface area contributed by atoms with Crippen molar-refractivity contribution in [1.29, 1.82) is 5.26 Å². The largest absolute Gasteiger partial charge is 0.487 e. The van der Waals surface area contributed by atoms with E-state index in [1.54, 1.807) is 12.1 Å². The van der Waals surface area contributed by atoms with Gasteiger partial charge in [-0.1, -0.05) is 11.6 Å². The van der Waals surface area contributed by atoms with Crippen molar-refractivity contribution in [3.8, 4) is 11.8 Å². The van der Waals surface area contributed by atoms with E-state index in [9.17, 15) is 9.18 Å². The lowest BCUT2D eigenvalue weighted by atomic mass is 10.1. The van der Waals surface area contributed by atoms with Gasteiger partial charge < -0.3 is 4.74 Å². The highest BCUT2D eigenvalue weighted by atomic mass is 35.5. The molecule has 0 N–H and O–H groups in total. The van der Waals surface area contributed by atoms with E-state index in [1.807, 2.05) is 6.07 Å². The van der Waals surface area contributed by atoms with Gasteiger partial charge in [-0.25, -0.2) is 4.39 Å². The number of aldehydes is 1. The third-order valence-corrected chi connectivity index (χ3v) is 2.96. The number of benzene rings is 2. The fourth-order valence-corrected chi connectivity index (χ4v) is 1.90. The van der Waals surface area contributed by atoms with E-state index < -0.39 is 5.82 Å². The molecular weight excluding hydrogens is 281 g/mol. The van der Waals surface area contributed by atoms with Crippen molar-refractivity contribution < 1.29 is 13.9 Å². The van der Waals surface area contributed by atoms with Gasteiger partial charge in [-0.2, -0.15) is 5.26 Å². The van der Waals surface area contributed by atoms with E-state index >= 15 is 0 Å². The minimum Gasteiger partial charge on any atom is -0.487 e. The van der Waals surface area contributed by atoms with Gasteiger partial charge >= 0.3 is 0 Å². The summed E-state index contributed by atoms with van der Waals surface area (Å²) in [6.45, 7) is 0.0147. The average Bonchev–Trinajstić information content (AvgIpc) is 2.46. The Morgan fingerprint density at radius 1 is 1.30 bits per heavy atom. The van der Waals surface area contributed by atoms with Crippen LogP contribution in [-0.4, -0.2) is 6.29 Å². The number of carbonyl (C=O) groups excluding carboxylic acids is 1. The lowest BCUT2D eigenvalue weighted by molar-refractivity contribution is 0.112. The number of rotatable bonds is 4. The predicted octanol–water partition coefficient (Wildman–Crippen LogP) is 3.74. The van der Waals surface area contributed by atoms with Crippen LogP contribution in [0.2, 0.25) is 5.02 Å². The Labute approximate surface area is 120 Å². The standard InChI is InChI=1S/C15H9ClFNO2/c16-14-5-10(8-19)1-4-15(14)20-9-12-6-13(17)3-2-11(12)7-18/h1-6,8H,9H2. The molecule has 2 rings (SSSR count). The molecule has 20 heavy (non-hydrogen) atoms. The van der Waals surface area contributed by atoms with Crippen LogP contribution in [0.5, 0.6) is 5.75 Å². The number of ether oxygens (including phenoxy) is 1. The molecule has 0 saturated carbocycles. The summed E-state index contributed by atoms with van der Waals surface area (Å²) in [5.74, 6) is -0.0737. The van der Waals surface area contributed by atoms with Gasteiger partial charge in [0.15, 0.2) is 0 Å². The Morgan fingerprint density at radius 2 is 2.10 bits per heavy atom. The van der Waals surface area contributed by atoms with Gasteiger partial charge in [-0.05, 0) is 36.4 Å². The van der Waals surface area contributed by atoms with Crippen molar-refractivity contribution in [3.05, 3.63) is 63.9 Å². The van der Waals surface area contributed by atoms with Crippen LogP contribution in [-0.2, 0) is 6.61 Å². The quantitative estimate of drug-likeness (QED) is 0.806. The molecule has 0 radical (unpaired) electrons. The SMILES string of the molecule is N#Cc1ccc(F)cc1COc1ccc(C=O)cc1Cl. The smallest absolute Gasteiger partial charge is 0.150 e. The summed E-state index contributed by atoms with van der Waals surface area (Å²) in [6, 6.07) is 10.4. The van der Waals surface area contributed by atoms with Crippen LogP contribution < -0.4 is 4.74 Å². The summed E-state index contributed by atoms with van der Waals surface area (Å²) in [6.07, 6.45) is 0.677. The molecule has 0 spiro atoms. The van der Waals surface area contributed by atoms with Gasteiger partial charge in [0.2, 0.25) is 0 Å². The summed E-state index contributed by atoms with van der Waals surface area (Å²) >= 11 is 5.96. The first kappa shape index (κ1) is 14.0. The Morgan fingerprint density at radius 3 is 2.75 bits per heavy atom. The van der Waals surface area contributed by atoms with Gasteiger partial charge in [0.05, 0.1) is 16.7 Å². The Balaban J connectivity index is 2.19. The first-order chi connectivity index (χ1) is 9.63. The first-order valence-corrected chi connectivity index (χ1v) is 6.08. The van der Waals surface area contributed by atoms with E-state index in [0.717, 1.165) is 0 Å². The zero-order valence-electron chi connectivity index (χ0n) is 10.3. The fraction of sp³-hybridized carbons (Fsp3) is 0.0667. The molecular formula is C15H9ClFNO2. The molecule has 3 nitrogen and oxygen atoms in total. The molecule has 2 aromatic rings. The molecule has 0 aliphatic rings. The van der Waals surface area contributed by atoms with E-state index in [4.69, 9.17) is 21.6 Å². The van der Waals surface area contributed by atoms with E-state index in [-0.39, 0.29) is 11.6 Å². The first-order valence-electron chi connectivity index (χ1n) is 5.70. The minimum atomic E-state index is -0.440. The van der Waals surface area contributed by atoms with Crippen LogP contribution in [0, 0.1) is 17.1 Å². The van der Waals surface area contributed by atoms with Gasteiger partial charge in [-0.15, -0.1) is 0 Å². The lowest BCUT2D eigenvalue weighted by Gasteiger charge is -2.09. The maximum atomic E-state index is 13.2. The molecule has 0 bridgehead atoms. The highest BCUT2D eigenvalue weighted by Crippen LogP contribution is 2.26. The van der Waals surface area contributed by atoms with Crippen LogP contribution in [0.4, 0.5) is 4.39 Å². The maximum Gasteiger partial charge on any atom is 0.150 e. The summed E-state index contributed by atoms with van der Waals surface area (Å²) in [5.41, 5.74) is 1.21. The second-order valence-electron chi connectivity index (χ2n) is 4.01. The number of nitriles is 1. The number of carbonyl (C=O) groups is 1. The molecule has 0 aliphatic heterocycles.